The van der Waals surface area contributed by atoms with Crippen LogP contribution in [0.15, 0.2) is 0 Å². The number of halogens is 1. The zero-order valence-corrected chi connectivity index (χ0v) is 8.90. The van der Waals surface area contributed by atoms with Crippen molar-refractivity contribution in [2.24, 2.45) is 23.2 Å². The predicted octanol–water partition coefficient (Wildman–Crippen LogP) is 3.31. The molecule has 1 saturated carbocycles. The molecule has 0 heterocycles. The first-order chi connectivity index (χ1) is 4.51. The van der Waals surface area contributed by atoms with Crippen LogP contribution in [0.2, 0.25) is 0 Å². The summed E-state index contributed by atoms with van der Waals surface area (Å²) in [5.74, 6) is 2.73. The van der Waals surface area contributed by atoms with Crippen LogP contribution in [0.1, 0.15) is 27.7 Å². The van der Waals surface area contributed by atoms with E-state index >= 15 is 0 Å². The van der Waals surface area contributed by atoms with Crippen molar-refractivity contribution in [1.82, 2.24) is 0 Å². The van der Waals surface area contributed by atoms with Gasteiger partial charge in [-0.3, -0.25) is 0 Å². The van der Waals surface area contributed by atoms with Gasteiger partial charge >= 0.3 is 0 Å². The van der Waals surface area contributed by atoms with Gasteiger partial charge < -0.3 is 0 Å². The quantitative estimate of drug-likeness (QED) is 0.606. The normalized spacial score (nSPS) is 36.6. The molecule has 0 aliphatic heterocycles. The average Bonchev–Trinajstić information content (AvgIpc) is 2.33. The van der Waals surface area contributed by atoms with Crippen LogP contribution >= 0.6 is 15.9 Å². The second kappa shape index (κ2) is 2.51. The number of hydrogen-bond acceptors (Lipinski definition) is 0. The van der Waals surface area contributed by atoms with Gasteiger partial charge in [-0.1, -0.05) is 43.6 Å². The van der Waals surface area contributed by atoms with E-state index in [9.17, 15) is 0 Å². The SMILES string of the molecule is CC(C)C1C(CBr)C1(C)C. The average molecular weight is 205 g/mol. The summed E-state index contributed by atoms with van der Waals surface area (Å²) < 4.78 is 0. The minimum Gasteiger partial charge on any atom is -0.0925 e. The fourth-order valence-corrected chi connectivity index (χ4v) is 3.64. The fraction of sp³-hybridized carbons (Fsp3) is 1.00. The molecule has 1 fully saturated rings. The maximum Gasteiger partial charge on any atom is 0.00678 e. The maximum absolute atomic E-state index is 3.56. The van der Waals surface area contributed by atoms with Crippen LogP contribution in [0.3, 0.4) is 0 Å². The van der Waals surface area contributed by atoms with E-state index in [1.807, 2.05) is 0 Å². The van der Waals surface area contributed by atoms with E-state index in [0.717, 1.165) is 17.8 Å². The molecular formula is C9H17Br. The van der Waals surface area contributed by atoms with Crippen LogP contribution in [0, 0.1) is 23.2 Å². The summed E-state index contributed by atoms with van der Waals surface area (Å²) in [6.45, 7) is 9.41. The molecule has 60 valence electrons. The highest BCUT2D eigenvalue weighted by atomic mass is 79.9. The lowest BCUT2D eigenvalue weighted by Crippen LogP contribution is -1.96. The summed E-state index contributed by atoms with van der Waals surface area (Å²) in [4.78, 5) is 0. The summed E-state index contributed by atoms with van der Waals surface area (Å²) in [7, 11) is 0. The Hall–Kier alpha value is 0.480. The van der Waals surface area contributed by atoms with Gasteiger partial charge in [-0.05, 0) is 23.2 Å². The first-order valence-corrected chi connectivity index (χ1v) is 5.20. The molecule has 0 N–H and O–H groups in total. The minimum absolute atomic E-state index is 0.609. The van der Waals surface area contributed by atoms with Crippen molar-refractivity contribution in [2.45, 2.75) is 27.7 Å². The molecule has 0 radical (unpaired) electrons. The zero-order chi connectivity index (χ0) is 7.94. The molecule has 1 rings (SSSR count). The molecule has 0 nitrogen and oxygen atoms in total. The molecule has 0 spiro atoms. The Morgan fingerprint density at radius 1 is 1.40 bits per heavy atom. The van der Waals surface area contributed by atoms with Crippen LogP contribution in [0.5, 0.6) is 0 Å². The highest BCUT2D eigenvalue weighted by Gasteiger charge is 2.57. The first kappa shape index (κ1) is 8.58. The summed E-state index contributed by atoms with van der Waals surface area (Å²) in [6.07, 6.45) is 0. The van der Waals surface area contributed by atoms with Gasteiger partial charge in [-0.2, -0.15) is 0 Å². The molecule has 2 atom stereocenters. The Labute approximate surface area is 72.5 Å². The molecule has 1 aliphatic rings. The lowest BCUT2D eigenvalue weighted by molar-refractivity contribution is 0.451. The van der Waals surface area contributed by atoms with E-state index in [-0.39, 0.29) is 0 Å². The number of alkyl halides is 1. The minimum atomic E-state index is 0.609. The van der Waals surface area contributed by atoms with Crippen molar-refractivity contribution in [3.63, 3.8) is 0 Å². The van der Waals surface area contributed by atoms with E-state index < -0.39 is 0 Å². The van der Waals surface area contributed by atoms with Crippen LogP contribution in [0.25, 0.3) is 0 Å². The molecule has 2 unspecified atom stereocenters. The van der Waals surface area contributed by atoms with Crippen LogP contribution in [-0.2, 0) is 0 Å². The van der Waals surface area contributed by atoms with E-state index in [1.165, 1.54) is 5.33 Å². The van der Waals surface area contributed by atoms with Gasteiger partial charge in [0, 0.05) is 5.33 Å². The van der Waals surface area contributed by atoms with E-state index in [1.54, 1.807) is 0 Å². The Balaban J connectivity index is 2.53. The Morgan fingerprint density at radius 3 is 2.00 bits per heavy atom. The fourth-order valence-electron chi connectivity index (χ4n) is 2.41. The molecular weight excluding hydrogens is 188 g/mol. The molecule has 0 aromatic heterocycles. The van der Waals surface area contributed by atoms with Gasteiger partial charge in [0.25, 0.3) is 0 Å². The second-order valence-electron chi connectivity index (χ2n) is 4.35. The van der Waals surface area contributed by atoms with Crippen molar-refractivity contribution >= 4 is 15.9 Å². The number of rotatable bonds is 2. The maximum atomic E-state index is 3.56. The number of hydrogen-bond donors (Lipinski definition) is 0. The van der Waals surface area contributed by atoms with Crippen LogP contribution in [0.4, 0.5) is 0 Å². The topological polar surface area (TPSA) is 0 Å². The monoisotopic (exact) mass is 204 g/mol. The molecule has 0 aromatic carbocycles. The van der Waals surface area contributed by atoms with Gasteiger partial charge in [0.1, 0.15) is 0 Å². The summed E-state index contributed by atoms with van der Waals surface area (Å²) in [6, 6.07) is 0. The van der Waals surface area contributed by atoms with Crippen LogP contribution < -0.4 is 0 Å². The molecule has 0 aromatic rings. The van der Waals surface area contributed by atoms with Crippen molar-refractivity contribution in [1.29, 1.82) is 0 Å². The van der Waals surface area contributed by atoms with Gasteiger partial charge in [0.15, 0.2) is 0 Å². The van der Waals surface area contributed by atoms with E-state index in [0.29, 0.717) is 5.41 Å². The van der Waals surface area contributed by atoms with Crippen molar-refractivity contribution in [2.75, 3.05) is 5.33 Å². The van der Waals surface area contributed by atoms with Crippen LogP contribution in [-0.4, -0.2) is 5.33 Å². The standard InChI is InChI=1S/C9H17Br/c1-6(2)8-7(5-10)9(8,3)4/h6-8H,5H2,1-4H3. The molecule has 10 heavy (non-hydrogen) atoms. The van der Waals surface area contributed by atoms with Gasteiger partial charge in [0.2, 0.25) is 0 Å². The van der Waals surface area contributed by atoms with Crippen molar-refractivity contribution in [3.8, 4) is 0 Å². The van der Waals surface area contributed by atoms with E-state index in [2.05, 4.69) is 43.6 Å². The lowest BCUT2D eigenvalue weighted by Gasteiger charge is -2.04. The Morgan fingerprint density at radius 2 is 1.90 bits per heavy atom. The molecule has 0 amide bonds. The molecule has 1 aliphatic carbocycles. The highest BCUT2D eigenvalue weighted by molar-refractivity contribution is 9.09. The van der Waals surface area contributed by atoms with Gasteiger partial charge in [-0.25, -0.2) is 0 Å². The third-order valence-corrected chi connectivity index (χ3v) is 3.72. The van der Waals surface area contributed by atoms with Gasteiger partial charge in [-0.15, -0.1) is 0 Å². The predicted molar refractivity (Wildman–Crippen MR) is 49.4 cm³/mol. The Bertz CT molecular complexity index is 127. The second-order valence-corrected chi connectivity index (χ2v) is 5.00. The highest BCUT2D eigenvalue weighted by Crippen LogP contribution is 2.62. The molecule has 0 saturated heterocycles. The smallest absolute Gasteiger partial charge is 0.00678 e. The third-order valence-electron chi connectivity index (χ3n) is 3.02. The Kier molecular flexibility index (Phi) is 2.15. The van der Waals surface area contributed by atoms with Crippen molar-refractivity contribution in [3.05, 3.63) is 0 Å². The largest absolute Gasteiger partial charge is 0.0925 e. The molecule has 1 heteroatoms. The van der Waals surface area contributed by atoms with Crippen molar-refractivity contribution < 1.29 is 0 Å². The first-order valence-electron chi connectivity index (χ1n) is 4.07. The molecule has 0 bridgehead atoms. The summed E-state index contributed by atoms with van der Waals surface area (Å²) in [5, 5.41) is 1.18. The van der Waals surface area contributed by atoms with Gasteiger partial charge in [0.05, 0.1) is 0 Å². The lowest BCUT2D eigenvalue weighted by atomic mass is 10.0. The third kappa shape index (κ3) is 1.13. The zero-order valence-electron chi connectivity index (χ0n) is 7.32. The summed E-state index contributed by atoms with van der Waals surface area (Å²) >= 11 is 3.56. The summed E-state index contributed by atoms with van der Waals surface area (Å²) in [5.41, 5.74) is 0.609. The van der Waals surface area contributed by atoms with E-state index in [4.69, 9.17) is 0 Å².